The summed E-state index contributed by atoms with van der Waals surface area (Å²) in [6.45, 7) is 5.37. The van der Waals surface area contributed by atoms with Crippen LogP contribution in [0.1, 0.15) is 51.2 Å². The van der Waals surface area contributed by atoms with Gasteiger partial charge in [0.15, 0.2) is 11.0 Å². The lowest BCUT2D eigenvalue weighted by Gasteiger charge is -2.45. The Morgan fingerprint density at radius 1 is 0.971 bits per heavy atom. The Kier molecular flexibility index (Phi) is 7.02. The van der Waals surface area contributed by atoms with Crippen LogP contribution in [0, 0.1) is 0 Å². The highest BCUT2D eigenvalue weighted by molar-refractivity contribution is 6.06. The van der Waals surface area contributed by atoms with Gasteiger partial charge in [0.05, 0.1) is 7.11 Å². The zero-order valence-corrected chi connectivity index (χ0v) is 20.0. The molecule has 2 aromatic rings. The third kappa shape index (κ3) is 4.03. The first-order chi connectivity index (χ1) is 16.0. The molecule has 0 radical (unpaired) electrons. The van der Waals surface area contributed by atoms with Gasteiger partial charge in [0.2, 0.25) is 0 Å². The van der Waals surface area contributed by atoms with E-state index in [4.69, 9.17) is 15.2 Å². The number of carbonyl (C=O) groups excluding carboxylic acids is 2. The Hall–Kier alpha value is -3.39. The van der Waals surface area contributed by atoms with E-state index in [1.165, 1.54) is 7.11 Å². The molecule has 8 heteroatoms. The molecule has 0 aromatic heterocycles. The summed E-state index contributed by atoms with van der Waals surface area (Å²) >= 11 is 0. The summed E-state index contributed by atoms with van der Waals surface area (Å²) in [4.78, 5) is 40.1. The molecular formula is C26H32N2O6. The maximum absolute atomic E-state index is 13.8. The molecule has 0 saturated heterocycles. The van der Waals surface area contributed by atoms with Gasteiger partial charge in [-0.1, -0.05) is 48.5 Å². The van der Waals surface area contributed by atoms with Crippen LogP contribution in [0.15, 0.2) is 48.5 Å². The van der Waals surface area contributed by atoms with Crippen LogP contribution in [0.2, 0.25) is 0 Å². The minimum absolute atomic E-state index is 0.0729. The van der Waals surface area contributed by atoms with Crippen molar-refractivity contribution in [3.8, 4) is 11.1 Å². The maximum Gasteiger partial charge on any atom is 0.408 e. The number of unbranched alkanes of at least 4 members (excludes halogenated alkanes) is 1. The summed E-state index contributed by atoms with van der Waals surface area (Å²) in [7, 11) is 1.22. The number of carbonyl (C=O) groups is 3. The first-order valence-electron chi connectivity index (χ1n) is 11.3. The standard InChI is InChI=1S/C26H32N2O6/c1-24(2,3)34-23(32)28-25(21(29)30,15-9-10-16-27)26(22(31)33-4)19-13-7-5-11-17(19)18-12-6-8-14-20(18)26/h5-8,11-14H,9-10,15-16,27H2,1-4H3,(H,28,32)(H,29,30)/t25-/m0/s1. The van der Waals surface area contributed by atoms with E-state index in [0.29, 0.717) is 41.6 Å². The largest absolute Gasteiger partial charge is 0.479 e. The van der Waals surface area contributed by atoms with E-state index in [9.17, 15) is 19.5 Å². The number of carboxylic acid groups (broad SMARTS) is 1. The number of hydrogen-bond acceptors (Lipinski definition) is 6. The molecule has 3 rings (SSSR count). The average Bonchev–Trinajstić information content (AvgIpc) is 3.08. The highest BCUT2D eigenvalue weighted by Gasteiger charge is 2.68. The van der Waals surface area contributed by atoms with Gasteiger partial charge in [0, 0.05) is 0 Å². The van der Waals surface area contributed by atoms with Gasteiger partial charge in [-0.15, -0.1) is 0 Å². The van der Waals surface area contributed by atoms with Gasteiger partial charge in [-0.25, -0.2) is 9.59 Å². The third-order valence-corrected chi connectivity index (χ3v) is 6.17. The van der Waals surface area contributed by atoms with Crippen molar-refractivity contribution in [3.05, 3.63) is 59.7 Å². The molecule has 0 bridgehead atoms. The van der Waals surface area contributed by atoms with Crippen molar-refractivity contribution in [2.75, 3.05) is 13.7 Å². The molecule has 1 aliphatic carbocycles. The molecular weight excluding hydrogens is 436 g/mol. The number of nitrogens with one attached hydrogen (secondary N) is 1. The Labute approximate surface area is 199 Å². The summed E-state index contributed by atoms with van der Waals surface area (Å²) in [6, 6.07) is 14.2. The van der Waals surface area contributed by atoms with Crippen LogP contribution in [0.3, 0.4) is 0 Å². The second-order valence-corrected chi connectivity index (χ2v) is 9.42. The Morgan fingerprint density at radius 3 is 1.94 bits per heavy atom. The van der Waals surface area contributed by atoms with Crippen LogP contribution in [0.5, 0.6) is 0 Å². The van der Waals surface area contributed by atoms with Crippen LogP contribution in [0.4, 0.5) is 4.79 Å². The smallest absolute Gasteiger partial charge is 0.408 e. The number of benzene rings is 2. The molecule has 0 spiro atoms. The molecule has 0 heterocycles. The Balaban J connectivity index is 2.39. The average molecular weight is 469 g/mol. The van der Waals surface area contributed by atoms with E-state index >= 15 is 0 Å². The molecule has 4 N–H and O–H groups in total. The van der Waals surface area contributed by atoms with E-state index in [1.54, 1.807) is 45.0 Å². The summed E-state index contributed by atoms with van der Waals surface area (Å²) in [5, 5.41) is 13.4. The van der Waals surface area contributed by atoms with Crippen LogP contribution in [0.25, 0.3) is 11.1 Å². The minimum atomic E-state index is -2.11. The van der Waals surface area contributed by atoms with Gasteiger partial charge in [0.1, 0.15) is 5.60 Å². The number of alkyl carbamates (subject to hydrolysis) is 1. The van der Waals surface area contributed by atoms with E-state index in [-0.39, 0.29) is 6.42 Å². The normalized spacial score (nSPS) is 15.4. The highest BCUT2D eigenvalue weighted by Crippen LogP contribution is 2.56. The van der Waals surface area contributed by atoms with Crippen molar-refractivity contribution in [2.45, 2.75) is 56.6 Å². The second kappa shape index (κ2) is 9.46. The van der Waals surface area contributed by atoms with Gasteiger partial charge in [0.25, 0.3) is 0 Å². The number of fused-ring (bicyclic) bond motifs is 3. The van der Waals surface area contributed by atoms with Crippen LogP contribution in [-0.4, -0.2) is 47.9 Å². The molecule has 2 aromatic carbocycles. The molecule has 0 unspecified atom stereocenters. The number of rotatable bonds is 8. The number of aliphatic carboxylic acids is 1. The van der Waals surface area contributed by atoms with Crippen LogP contribution < -0.4 is 11.1 Å². The lowest BCUT2D eigenvalue weighted by atomic mass is 9.61. The SMILES string of the molecule is COC(=O)C1([C@@](CCCCN)(NC(=O)OC(C)(C)C)C(=O)O)c2ccccc2-c2ccccc21. The third-order valence-electron chi connectivity index (χ3n) is 6.17. The fourth-order valence-electron chi connectivity index (χ4n) is 4.92. The predicted molar refractivity (Wildman–Crippen MR) is 127 cm³/mol. The van der Waals surface area contributed by atoms with Gasteiger partial charge >= 0.3 is 18.0 Å². The monoisotopic (exact) mass is 468 g/mol. The van der Waals surface area contributed by atoms with Crippen molar-refractivity contribution in [1.29, 1.82) is 0 Å². The number of nitrogens with two attached hydrogens (primary N) is 1. The summed E-state index contributed by atoms with van der Waals surface area (Å²) in [5.41, 5.74) is 3.17. The molecule has 8 nitrogen and oxygen atoms in total. The summed E-state index contributed by atoms with van der Waals surface area (Å²) < 4.78 is 10.7. The molecule has 0 fully saturated rings. The summed E-state index contributed by atoms with van der Waals surface area (Å²) in [5.74, 6) is -2.15. The van der Waals surface area contributed by atoms with E-state index < -0.39 is 34.6 Å². The maximum atomic E-state index is 13.8. The molecule has 1 aliphatic rings. The van der Waals surface area contributed by atoms with Crippen molar-refractivity contribution in [3.63, 3.8) is 0 Å². The van der Waals surface area contributed by atoms with E-state index in [2.05, 4.69) is 5.32 Å². The number of amides is 1. The van der Waals surface area contributed by atoms with Gasteiger partial charge < -0.3 is 25.6 Å². The molecule has 1 amide bonds. The lowest BCUT2D eigenvalue weighted by Crippen LogP contribution is -2.70. The number of hydrogen-bond donors (Lipinski definition) is 3. The van der Waals surface area contributed by atoms with Crippen molar-refractivity contribution in [2.24, 2.45) is 5.73 Å². The fraction of sp³-hybridized carbons (Fsp3) is 0.423. The first kappa shape index (κ1) is 25.2. The number of carboxylic acids is 1. The molecule has 182 valence electrons. The number of methoxy groups -OCH3 is 1. The Bertz CT molecular complexity index is 1050. The zero-order valence-electron chi connectivity index (χ0n) is 20.0. The first-order valence-corrected chi connectivity index (χ1v) is 11.3. The van der Waals surface area contributed by atoms with E-state index in [1.807, 2.05) is 24.3 Å². The Morgan fingerprint density at radius 2 is 1.50 bits per heavy atom. The topological polar surface area (TPSA) is 128 Å². The van der Waals surface area contributed by atoms with E-state index in [0.717, 1.165) is 0 Å². The fourth-order valence-corrected chi connectivity index (χ4v) is 4.92. The van der Waals surface area contributed by atoms with Crippen molar-refractivity contribution >= 4 is 18.0 Å². The second-order valence-electron chi connectivity index (χ2n) is 9.42. The van der Waals surface area contributed by atoms with Crippen LogP contribution >= 0.6 is 0 Å². The molecule has 1 atom stereocenters. The quantitative estimate of drug-likeness (QED) is 0.399. The van der Waals surface area contributed by atoms with Crippen LogP contribution in [-0.2, 0) is 24.5 Å². The number of ether oxygens (including phenoxy) is 2. The van der Waals surface area contributed by atoms with Crippen molar-refractivity contribution < 1.29 is 29.0 Å². The van der Waals surface area contributed by atoms with Crippen molar-refractivity contribution in [1.82, 2.24) is 5.32 Å². The van der Waals surface area contributed by atoms with Gasteiger partial charge in [-0.2, -0.15) is 0 Å². The van der Waals surface area contributed by atoms with Gasteiger partial charge in [-0.3, -0.25) is 4.79 Å². The van der Waals surface area contributed by atoms with Gasteiger partial charge in [-0.05, 0) is 68.8 Å². The predicted octanol–water partition coefficient (Wildman–Crippen LogP) is 3.60. The molecule has 34 heavy (non-hydrogen) atoms. The summed E-state index contributed by atoms with van der Waals surface area (Å²) in [6.07, 6.45) is -0.156. The molecule has 0 aliphatic heterocycles. The number of esters is 1. The zero-order chi connectivity index (χ0) is 25.1. The highest BCUT2D eigenvalue weighted by atomic mass is 16.6. The molecule has 0 saturated carbocycles. The lowest BCUT2D eigenvalue weighted by molar-refractivity contribution is -0.160. The minimum Gasteiger partial charge on any atom is -0.479 e.